The third-order valence-electron chi connectivity index (χ3n) is 1.48. The van der Waals surface area contributed by atoms with Gasteiger partial charge in [0.25, 0.3) is 0 Å². The predicted molar refractivity (Wildman–Crippen MR) is 42.2 cm³/mol. The number of hydrogen-bond acceptors (Lipinski definition) is 3. The Morgan fingerprint density at radius 2 is 2.67 bits per heavy atom. The Labute approximate surface area is 69.6 Å². The van der Waals surface area contributed by atoms with E-state index >= 15 is 0 Å². The molecule has 0 bridgehead atoms. The van der Waals surface area contributed by atoms with Crippen LogP contribution in [-0.2, 0) is 4.79 Å². The number of nitriles is 1. The number of aromatic nitrogens is 2. The zero-order valence-electron chi connectivity index (χ0n) is 6.61. The van der Waals surface area contributed by atoms with Gasteiger partial charge in [0, 0.05) is 13.2 Å². The lowest BCUT2D eigenvalue weighted by Gasteiger charge is -2.11. The zero-order valence-corrected chi connectivity index (χ0v) is 6.61. The molecule has 0 aliphatic rings. The molecular formula is C7H8N4O. The minimum absolute atomic E-state index is 0.109. The number of carbonyl (C=O) groups excluding carboxylic acids is 1. The summed E-state index contributed by atoms with van der Waals surface area (Å²) in [7, 11) is 1.60. The quantitative estimate of drug-likeness (QED) is 0.682. The van der Waals surface area contributed by atoms with E-state index in [2.05, 4.69) is 10.2 Å². The SMILES string of the molecule is CN(C(=O)CC#N)c1cn[nH]c1. The molecule has 1 heterocycles. The maximum atomic E-state index is 11.1. The Bertz CT molecular complexity index is 298. The highest BCUT2D eigenvalue weighted by atomic mass is 16.2. The van der Waals surface area contributed by atoms with Crippen molar-refractivity contribution >= 4 is 11.6 Å². The number of amides is 1. The van der Waals surface area contributed by atoms with E-state index in [0.717, 1.165) is 0 Å². The second kappa shape index (κ2) is 3.53. The summed E-state index contributed by atoms with van der Waals surface area (Å²) in [6.45, 7) is 0. The van der Waals surface area contributed by atoms with Gasteiger partial charge in [-0.3, -0.25) is 9.89 Å². The van der Waals surface area contributed by atoms with E-state index in [1.165, 1.54) is 11.1 Å². The van der Waals surface area contributed by atoms with Crippen molar-refractivity contribution in [3.63, 3.8) is 0 Å². The van der Waals surface area contributed by atoms with Crippen LogP contribution in [0.25, 0.3) is 0 Å². The van der Waals surface area contributed by atoms with Gasteiger partial charge < -0.3 is 4.90 Å². The van der Waals surface area contributed by atoms with Crippen molar-refractivity contribution in [1.29, 1.82) is 5.26 Å². The average Bonchev–Trinajstić information content (AvgIpc) is 2.55. The third kappa shape index (κ3) is 1.61. The first-order valence-electron chi connectivity index (χ1n) is 3.38. The maximum absolute atomic E-state index is 11.1. The van der Waals surface area contributed by atoms with Crippen LogP contribution in [0.1, 0.15) is 6.42 Å². The van der Waals surface area contributed by atoms with Gasteiger partial charge in [-0.25, -0.2) is 0 Å². The fraction of sp³-hybridized carbons (Fsp3) is 0.286. The number of nitrogens with one attached hydrogen (secondary N) is 1. The van der Waals surface area contributed by atoms with Crippen LogP contribution in [0, 0.1) is 11.3 Å². The molecule has 0 aromatic carbocycles. The molecular weight excluding hydrogens is 156 g/mol. The van der Waals surface area contributed by atoms with Gasteiger partial charge >= 0.3 is 0 Å². The normalized spacial score (nSPS) is 9.00. The first-order valence-corrected chi connectivity index (χ1v) is 3.38. The van der Waals surface area contributed by atoms with Gasteiger partial charge in [-0.15, -0.1) is 0 Å². The highest BCUT2D eigenvalue weighted by molar-refractivity contribution is 5.93. The van der Waals surface area contributed by atoms with E-state index in [1.54, 1.807) is 19.3 Å². The molecule has 1 rings (SSSR count). The average molecular weight is 164 g/mol. The number of carbonyl (C=O) groups is 1. The summed E-state index contributed by atoms with van der Waals surface area (Å²) in [5, 5.41) is 14.5. The first kappa shape index (κ1) is 8.27. The van der Waals surface area contributed by atoms with Crippen molar-refractivity contribution in [2.45, 2.75) is 6.42 Å². The van der Waals surface area contributed by atoms with Crippen LogP contribution < -0.4 is 4.90 Å². The Morgan fingerprint density at radius 3 is 3.17 bits per heavy atom. The van der Waals surface area contributed by atoms with Crippen molar-refractivity contribution in [2.75, 3.05) is 11.9 Å². The molecule has 1 amide bonds. The highest BCUT2D eigenvalue weighted by Gasteiger charge is 2.09. The molecule has 5 nitrogen and oxygen atoms in total. The Morgan fingerprint density at radius 1 is 1.92 bits per heavy atom. The van der Waals surface area contributed by atoms with Crippen molar-refractivity contribution in [3.8, 4) is 6.07 Å². The van der Waals surface area contributed by atoms with E-state index in [4.69, 9.17) is 5.26 Å². The third-order valence-corrected chi connectivity index (χ3v) is 1.48. The number of rotatable bonds is 2. The van der Waals surface area contributed by atoms with Crippen LogP contribution in [0.5, 0.6) is 0 Å². The summed E-state index contributed by atoms with van der Waals surface area (Å²) in [4.78, 5) is 12.5. The molecule has 0 spiro atoms. The molecule has 5 heteroatoms. The summed E-state index contributed by atoms with van der Waals surface area (Å²) < 4.78 is 0. The number of anilines is 1. The van der Waals surface area contributed by atoms with Crippen molar-refractivity contribution in [1.82, 2.24) is 10.2 Å². The molecule has 1 N–H and O–H groups in total. The van der Waals surface area contributed by atoms with Crippen molar-refractivity contribution in [2.24, 2.45) is 0 Å². The molecule has 0 saturated heterocycles. The molecule has 0 fully saturated rings. The monoisotopic (exact) mass is 164 g/mol. The Balaban J connectivity index is 2.67. The van der Waals surface area contributed by atoms with Gasteiger partial charge in [-0.1, -0.05) is 0 Å². The van der Waals surface area contributed by atoms with Crippen LogP contribution in [0.4, 0.5) is 5.69 Å². The van der Waals surface area contributed by atoms with Crippen LogP contribution >= 0.6 is 0 Å². The summed E-state index contributed by atoms with van der Waals surface area (Å²) in [5.74, 6) is -0.237. The summed E-state index contributed by atoms with van der Waals surface area (Å²) in [5.41, 5.74) is 0.662. The molecule has 0 atom stereocenters. The van der Waals surface area contributed by atoms with Gasteiger partial charge in [0.1, 0.15) is 6.42 Å². The van der Waals surface area contributed by atoms with Crippen LogP contribution in [0.2, 0.25) is 0 Å². The highest BCUT2D eigenvalue weighted by Crippen LogP contribution is 2.08. The summed E-state index contributed by atoms with van der Waals surface area (Å²) in [6, 6.07) is 1.79. The standard InChI is InChI=1S/C7H8N4O/c1-11(7(12)2-3-8)6-4-9-10-5-6/h4-5H,2H2,1H3,(H,9,10). The molecule has 0 radical (unpaired) electrons. The van der Waals surface area contributed by atoms with E-state index in [0.29, 0.717) is 5.69 Å². The van der Waals surface area contributed by atoms with Gasteiger partial charge in [0.05, 0.1) is 18.0 Å². The number of aromatic amines is 1. The Kier molecular flexibility index (Phi) is 2.43. The lowest BCUT2D eigenvalue weighted by Crippen LogP contribution is -2.24. The topological polar surface area (TPSA) is 72.8 Å². The fourth-order valence-electron chi connectivity index (χ4n) is 0.758. The molecule has 1 aromatic rings. The van der Waals surface area contributed by atoms with E-state index < -0.39 is 0 Å². The smallest absolute Gasteiger partial charge is 0.241 e. The zero-order chi connectivity index (χ0) is 8.97. The van der Waals surface area contributed by atoms with Crippen LogP contribution in [0.15, 0.2) is 12.4 Å². The van der Waals surface area contributed by atoms with Crippen molar-refractivity contribution < 1.29 is 4.79 Å². The van der Waals surface area contributed by atoms with Crippen molar-refractivity contribution in [3.05, 3.63) is 12.4 Å². The molecule has 1 aromatic heterocycles. The summed E-state index contributed by atoms with van der Waals surface area (Å²) >= 11 is 0. The molecule has 0 saturated carbocycles. The van der Waals surface area contributed by atoms with Crippen LogP contribution in [0.3, 0.4) is 0 Å². The first-order chi connectivity index (χ1) is 5.75. The lowest BCUT2D eigenvalue weighted by molar-refractivity contribution is -0.117. The molecule has 0 aliphatic heterocycles. The molecule has 62 valence electrons. The Hall–Kier alpha value is -1.83. The van der Waals surface area contributed by atoms with Crippen LogP contribution in [-0.4, -0.2) is 23.2 Å². The van der Waals surface area contributed by atoms with Gasteiger partial charge in [-0.05, 0) is 0 Å². The second-order valence-corrected chi connectivity index (χ2v) is 2.24. The largest absolute Gasteiger partial charge is 0.312 e. The van der Waals surface area contributed by atoms with Gasteiger partial charge in [0.15, 0.2) is 0 Å². The maximum Gasteiger partial charge on any atom is 0.241 e. The summed E-state index contributed by atoms with van der Waals surface area (Å²) in [6.07, 6.45) is 3.01. The van der Waals surface area contributed by atoms with Gasteiger partial charge in [0.2, 0.25) is 5.91 Å². The van der Waals surface area contributed by atoms with E-state index in [9.17, 15) is 4.79 Å². The fourth-order valence-corrected chi connectivity index (χ4v) is 0.758. The number of hydrogen-bond donors (Lipinski definition) is 1. The number of H-pyrrole nitrogens is 1. The minimum atomic E-state index is -0.237. The second-order valence-electron chi connectivity index (χ2n) is 2.24. The molecule has 0 aliphatic carbocycles. The predicted octanol–water partition coefficient (Wildman–Crippen LogP) is 0.286. The lowest BCUT2D eigenvalue weighted by atomic mass is 10.4. The molecule has 0 unspecified atom stereocenters. The van der Waals surface area contributed by atoms with E-state index in [-0.39, 0.29) is 12.3 Å². The molecule has 12 heavy (non-hydrogen) atoms. The van der Waals surface area contributed by atoms with Gasteiger partial charge in [-0.2, -0.15) is 10.4 Å². The number of nitrogens with zero attached hydrogens (tertiary/aromatic N) is 3. The van der Waals surface area contributed by atoms with E-state index in [1.807, 2.05) is 0 Å². The minimum Gasteiger partial charge on any atom is -0.312 e.